The second kappa shape index (κ2) is 5.89. The number of rotatable bonds is 5. The minimum absolute atomic E-state index is 0.105. The highest BCUT2D eigenvalue weighted by molar-refractivity contribution is 7.12. The summed E-state index contributed by atoms with van der Waals surface area (Å²) in [5, 5.41) is 12.1. The van der Waals surface area contributed by atoms with Gasteiger partial charge in [-0.25, -0.2) is 0 Å². The Balaban J connectivity index is 1.98. The first-order chi connectivity index (χ1) is 9.04. The van der Waals surface area contributed by atoms with Gasteiger partial charge in [0, 0.05) is 22.0 Å². The summed E-state index contributed by atoms with van der Waals surface area (Å²) in [6.07, 6.45) is 0.105. The van der Waals surface area contributed by atoms with Gasteiger partial charge in [0.15, 0.2) is 0 Å². The largest absolute Gasteiger partial charge is 0.481 e. The SMILES string of the molecule is Cc1ccc(NCc2ccc(CC(=O)O)s2)c(C)c1. The number of hydrogen-bond acceptors (Lipinski definition) is 3. The molecule has 1 aromatic heterocycles. The normalized spacial score (nSPS) is 10.4. The molecule has 0 saturated heterocycles. The zero-order chi connectivity index (χ0) is 13.8. The van der Waals surface area contributed by atoms with E-state index < -0.39 is 5.97 Å². The zero-order valence-corrected chi connectivity index (χ0v) is 11.9. The van der Waals surface area contributed by atoms with Crippen LogP contribution in [0.4, 0.5) is 5.69 Å². The van der Waals surface area contributed by atoms with Crippen molar-refractivity contribution in [1.29, 1.82) is 0 Å². The lowest BCUT2D eigenvalue weighted by Crippen LogP contribution is -1.99. The lowest BCUT2D eigenvalue weighted by atomic mass is 10.1. The summed E-state index contributed by atoms with van der Waals surface area (Å²) < 4.78 is 0. The molecule has 3 nitrogen and oxygen atoms in total. The molecule has 0 amide bonds. The Morgan fingerprint density at radius 3 is 2.63 bits per heavy atom. The summed E-state index contributed by atoms with van der Waals surface area (Å²) >= 11 is 1.55. The van der Waals surface area contributed by atoms with Crippen molar-refractivity contribution in [3.05, 3.63) is 51.2 Å². The van der Waals surface area contributed by atoms with E-state index in [1.165, 1.54) is 11.1 Å². The highest BCUT2D eigenvalue weighted by atomic mass is 32.1. The van der Waals surface area contributed by atoms with Crippen LogP contribution in [0.25, 0.3) is 0 Å². The van der Waals surface area contributed by atoms with Crippen LogP contribution in [0.3, 0.4) is 0 Å². The highest BCUT2D eigenvalue weighted by Gasteiger charge is 2.05. The number of aliphatic carboxylic acids is 1. The maximum Gasteiger partial charge on any atom is 0.308 e. The fourth-order valence-electron chi connectivity index (χ4n) is 1.96. The number of carboxylic acid groups (broad SMARTS) is 1. The molecule has 0 atom stereocenters. The summed E-state index contributed by atoms with van der Waals surface area (Å²) in [5.41, 5.74) is 3.60. The number of anilines is 1. The first-order valence-corrected chi connectivity index (χ1v) is 6.97. The maximum atomic E-state index is 10.6. The van der Waals surface area contributed by atoms with E-state index in [1.54, 1.807) is 11.3 Å². The maximum absolute atomic E-state index is 10.6. The van der Waals surface area contributed by atoms with Crippen LogP contribution in [0.15, 0.2) is 30.3 Å². The van der Waals surface area contributed by atoms with Crippen LogP contribution in [0, 0.1) is 13.8 Å². The monoisotopic (exact) mass is 275 g/mol. The van der Waals surface area contributed by atoms with E-state index in [-0.39, 0.29) is 6.42 Å². The van der Waals surface area contributed by atoms with Crippen LogP contribution in [0.2, 0.25) is 0 Å². The molecule has 0 aliphatic heterocycles. The Bertz CT molecular complexity index is 590. The Labute approximate surface area is 116 Å². The molecule has 1 heterocycles. The van der Waals surface area contributed by atoms with Gasteiger partial charge in [0.05, 0.1) is 6.42 Å². The number of aryl methyl sites for hydroxylation is 2. The Morgan fingerprint density at radius 1 is 1.21 bits per heavy atom. The van der Waals surface area contributed by atoms with Crippen molar-refractivity contribution in [3.8, 4) is 0 Å². The zero-order valence-electron chi connectivity index (χ0n) is 11.1. The van der Waals surface area contributed by atoms with E-state index in [0.717, 1.165) is 22.0 Å². The van der Waals surface area contributed by atoms with E-state index in [2.05, 4.69) is 37.4 Å². The van der Waals surface area contributed by atoms with Gasteiger partial charge in [0.1, 0.15) is 0 Å². The van der Waals surface area contributed by atoms with Gasteiger partial charge in [-0.15, -0.1) is 11.3 Å². The van der Waals surface area contributed by atoms with Crippen molar-refractivity contribution in [3.63, 3.8) is 0 Å². The van der Waals surface area contributed by atoms with Gasteiger partial charge in [0.2, 0.25) is 0 Å². The Hall–Kier alpha value is -1.81. The van der Waals surface area contributed by atoms with Gasteiger partial charge in [0.25, 0.3) is 0 Å². The molecule has 0 bridgehead atoms. The molecule has 2 rings (SSSR count). The molecule has 0 saturated carbocycles. The van der Waals surface area contributed by atoms with Crippen molar-refractivity contribution in [1.82, 2.24) is 0 Å². The smallest absolute Gasteiger partial charge is 0.308 e. The highest BCUT2D eigenvalue weighted by Crippen LogP contribution is 2.21. The van der Waals surface area contributed by atoms with Crippen LogP contribution in [0.1, 0.15) is 20.9 Å². The third-order valence-corrected chi connectivity index (χ3v) is 3.96. The van der Waals surface area contributed by atoms with E-state index in [9.17, 15) is 4.79 Å². The second-order valence-electron chi connectivity index (χ2n) is 4.61. The average Bonchev–Trinajstić information content (AvgIpc) is 2.74. The lowest BCUT2D eigenvalue weighted by molar-refractivity contribution is -0.136. The third-order valence-electron chi connectivity index (χ3n) is 2.88. The summed E-state index contributed by atoms with van der Waals surface area (Å²) in [5.74, 6) is -0.782. The van der Waals surface area contributed by atoms with Crippen LogP contribution in [0.5, 0.6) is 0 Å². The van der Waals surface area contributed by atoms with Crippen LogP contribution < -0.4 is 5.32 Å². The van der Waals surface area contributed by atoms with Crippen molar-refractivity contribution < 1.29 is 9.90 Å². The van der Waals surface area contributed by atoms with Gasteiger partial charge in [-0.2, -0.15) is 0 Å². The van der Waals surface area contributed by atoms with Crippen molar-refractivity contribution in [2.24, 2.45) is 0 Å². The molecular weight excluding hydrogens is 258 g/mol. The standard InChI is InChI=1S/C15H17NO2S/c1-10-3-6-14(11(2)7-10)16-9-13-5-4-12(19-13)8-15(17)18/h3-7,16H,8-9H2,1-2H3,(H,17,18). The number of nitrogens with one attached hydrogen (secondary N) is 1. The molecule has 0 fully saturated rings. The number of carboxylic acids is 1. The van der Waals surface area contributed by atoms with E-state index in [0.29, 0.717) is 0 Å². The fraction of sp³-hybridized carbons (Fsp3) is 0.267. The minimum Gasteiger partial charge on any atom is -0.481 e. The van der Waals surface area contributed by atoms with Crippen LogP contribution in [-0.4, -0.2) is 11.1 Å². The number of hydrogen-bond donors (Lipinski definition) is 2. The van der Waals surface area contributed by atoms with Crippen LogP contribution in [-0.2, 0) is 17.8 Å². The quantitative estimate of drug-likeness (QED) is 0.876. The van der Waals surface area contributed by atoms with E-state index >= 15 is 0 Å². The van der Waals surface area contributed by atoms with Gasteiger partial charge < -0.3 is 10.4 Å². The van der Waals surface area contributed by atoms with Gasteiger partial charge in [-0.1, -0.05) is 17.7 Å². The van der Waals surface area contributed by atoms with Crippen molar-refractivity contribution in [2.75, 3.05) is 5.32 Å². The Kier molecular flexibility index (Phi) is 4.22. The summed E-state index contributed by atoms with van der Waals surface area (Å²) in [7, 11) is 0. The molecule has 0 radical (unpaired) electrons. The molecule has 4 heteroatoms. The van der Waals surface area contributed by atoms with Crippen LogP contribution >= 0.6 is 11.3 Å². The van der Waals surface area contributed by atoms with Gasteiger partial charge in [-0.05, 0) is 37.6 Å². The third kappa shape index (κ3) is 3.83. The molecule has 1 aromatic carbocycles. The molecule has 100 valence electrons. The number of carbonyl (C=O) groups is 1. The van der Waals surface area contributed by atoms with E-state index in [1.807, 2.05) is 12.1 Å². The number of benzene rings is 1. The summed E-state index contributed by atoms with van der Waals surface area (Å²) in [6.45, 7) is 4.89. The summed E-state index contributed by atoms with van der Waals surface area (Å²) in [6, 6.07) is 10.2. The lowest BCUT2D eigenvalue weighted by Gasteiger charge is -2.09. The molecule has 0 aliphatic carbocycles. The van der Waals surface area contributed by atoms with Gasteiger partial charge in [-0.3, -0.25) is 4.79 Å². The molecule has 2 N–H and O–H groups in total. The molecule has 0 unspecified atom stereocenters. The molecule has 2 aromatic rings. The molecular formula is C15H17NO2S. The van der Waals surface area contributed by atoms with Crippen molar-refractivity contribution >= 4 is 23.0 Å². The van der Waals surface area contributed by atoms with Gasteiger partial charge >= 0.3 is 5.97 Å². The first kappa shape index (κ1) is 13.6. The fourth-order valence-corrected chi connectivity index (χ4v) is 2.90. The predicted molar refractivity (Wildman–Crippen MR) is 78.9 cm³/mol. The predicted octanol–water partition coefficient (Wildman–Crippen LogP) is 3.60. The first-order valence-electron chi connectivity index (χ1n) is 6.15. The summed E-state index contributed by atoms with van der Waals surface area (Å²) in [4.78, 5) is 12.7. The number of thiophene rings is 1. The topological polar surface area (TPSA) is 49.3 Å². The minimum atomic E-state index is -0.782. The second-order valence-corrected chi connectivity index (χ2v) is 5.86. The Morgan fingerprint density at radius 2 is 1.95 bits per heavy atom. The van der Waals surface area contributed by atoms with Crippen molar-refractivity contribution in [2.45, 2.75) is 26.8 Å². The molecule has 0 aliphatic rings. The average molecular weight is 275 g/mol. The van der Waals surface area contributed by atoms with E-state index in [4.69, 9.17) is 5.11 Å². The molecule has 19 heavy (non-hydrogen) atoms. The molecule has 0 spiro atoms.